The molecule has 1 atom stereocenters. The molecule has 164 valence electrons. The Labute approximate surface area is 178 Å². The summed E-state index contributed by atoms with van der Waals surface area (Å²) in [5, 5.41) is 2.99. The van der Waals surface area contributed by atoms with Gasteiger partial charge in [0, 0.05) is 39.1 Å². The predicted octanol–water partition coefficient (Wildman–Crippen LogP) is 4.79. The van der Waals surface area contributed by atoms with Gasteiger partial charge in [0.05, 0.1) is 0 Å². The van der Waals surface area contributed by atoms with Gasteiger partial charge in [-0.3, -0.25) is 4.79 Å². The van der Waals surface area contributed by atoms with Gasteiger partial charge < -0.3 is 15.1 Å². The molecule has 0 rings (SSSR count). The van der Waals surface area contributed by atoms with E-state index >= 15 is 0 Å². The van der Waals surface area contributed by atoms with E-state index in [-0.39, 0.29) is 17.4 Å². The minimum absolute atomic E-state index is 0.0691. The molecule has 1 unspecified atom stereocenters. The molecule has 0 aliphatic rings. The van der Waals surface area contributed by atoms with Crippen molar-refractivity contribution >= 4 is 11.9 Å². The van der Waals surface area contributed by atoms with Gasteiger partial charge >= 0.3 is 6.03 Å². The first-order valence-electron chi connectivity index (χ1n) is 10.4. The average Bonchev–Trinajstić information content (AvgIpc) is 2.68. The van der Waals surface area contributed by atoms with Gasteiger partial charge in [-0.25, -0.2) is 4.79 Å². The Morgan fingerprint density at radius 3 is 1.86 bits per heavy atom. The van der Waals surface area contributed by atoms with Crippen molar-refractivity contribution in [2.75, 3.05) is 32.7 Å². The number of amides is 3. The van der Waals surface area contributed by atoms with Crippen LogP contribution in [-0.4, -0.2) is 54.5 Å². The second kappa shape index (κ2) is 14.7. The third-order valence-corrected chi connectivity index (χ3v) is 4.97. The minimum Gasteiger partial charge on any atom is -0.338 e. The molecule has 0 fully saturated rings. The average molecular weight is 404 g/mol. The van der Waals surface area contributed by atoms with E-state index in [1.807, 2.05) is 0 Å². The summed E-state index contributed by atoms with van der Waals surface area (Å²) in [6.07, 6.45) is 10.3. The molecule has 0 saturated carbocycles. The SMILES string of the molecule is C=CCN(CC=C)C(=O)CCC(C)(C)CCC(C)CNC(=O)N(CC=C)CC=C. The van der Waals surface area contributed by atoms with E-state index in [1.54, 1.807) is 34.1 Å². The molecule has 0 aliphatic heterocycles. The summed E-state index contributed by atoms with van der Waals surface area (Å²) >= 11 is 0. The highest BCUT2D eigenvalue weighted by Gasteiger charge is 2.22. The van der Waals surface area contributed by atoms with Crippen LogP contribution in [0.2, 0.25) is 0 Å². The Balaban J connectivity index is 4.39. The van der Waals surface area contributed by atoms with Gasteiger partial charge in [0.2, 0.25) is 5.91 Å². The molecule has 0 saturated heterocycles. The molecule has 0 aromatic rings. The second-order valence-electron chi connectivity index (χ2n) is 8.35. The monoisotopic (exact) mass is 403 g/mol. The highest BCUT2D eigenvalue weighted by molar-refractivity contribution is 5.76. The van der Waals surface area contributed by atoms with Crippen LogP contribution in [0.15, 0.2) is 50.6 Å². The molecule has 0 aromatic carbocycles. The summed E-state index contributed by atoms with van der Waals surface area (Å²) in [5.41, 5.74) is 0.0691. The van der Waals surface area contributed by atoms with Crippen LogP contribution >= 0.6 is 0 Å². The maximum Gasteiger partial charge on any atom is 0.317 e. The van der Waals surface area contributed by atoms with Gasteiger partial charge in [-0.15, -0.1) is 26.3 Å². The first kappa shape index (κ1) is 26.7. The zero-order chi connectivity index (χ0) is 22.3. The first-order valence-corrected chi connectivity index (χ1v) is 10.4. The van der Waals surface area contributed by atoms with Gasteiger partial charge in [-0.1, -0.05) is 45.1 Å². The molecule has 1 N–H and O–H groups in total. The molecule has 29 heavy (non-hydrogen) atoms. The van der Waals surface area contributed by atoms with Crippen molar-refractivity contribution in [2.45, 2.75) is 46.5 Å². The molecule has 0 aliphatic carbocycles. The van der Waals surface area contributed by atoms with E-state index in [0.29, 0.717) is 45.1 Å². The van der Waals surface area contributed by atoms with Crippen LogP contribution in [0, 0.1) is 11.3 Å². The smallest absolute Gasteiger partial charge is 0.317 e. The van der Waals surface area contributed by atoms with Crippen molar-refractivity contribution in [2.24, 2.45) is 11.3 Å². The maximum atomic E-state index is 12.4. The number of nitrogens with one attached hydrogen (secondary N) is 1. The number of carbonyl (C=O) groups is 2. The fourth-order valence-corrected chi connectivity index (χ4v) is 2.98. The summed E-state index contributed by atoms with van der Waals surface area (Å²) in [5.74, 6) is 0.504. The fraction of sp³-hybridized carbons (Fsp3) is 0.583. The minimum atomic E-state index is -0.0916. The van der Waals surface area contributed by atoms with E-state index in [1.165, 1.54) is 0 Å². The molecule has 0 bridgehead atoms. The van der Waals surface area contributed by atoms with Crippen LogP contribution in [0.1, 0.15) is 46.5 Å². The number of urea groups is 1. The van der Waals surface area contributed by atoms with E-state index < -0.39 is 0 Å². The predicted molar refractivity (Wildman–Crippen MR) is 124 cm³/mol. The van der Waals surface area contributed by atoms with Crippen LogP contribution in [0.3, 0.4) is 0 Å². The standard InChI is InChI=1S/C24H41N3O2/c1-8-16-26(17-9-2)22(28)13-15-24(6,7)14-12-21(5)20-25-23(29)27(18-10-3)19-11-4/h8-11,21H,1-4,12-20H2,5-7H3,(H,25,29). The highest BCUT2D eigenvalue weighted by Crippen LogP contribution is 2.30. The topological polar surface area (TPSA) is 52.7 Å². The van der Waals surface area contributed by atoms with E-state index in [2.05, 4.69) is 52.4 Å². The molecule has 5 nitrogen and oxygen atoms in total. The lowest BCUT2D eigenvalue weighted by molar-refractivity contribution is -0.130. The molecule has 0 aromatic heterocycles. The van der Waals surface area contributed by atoms with Crippen molar-refractivity contribution < 1.29 is 9.59 Å². The molecular formula is C24H41N3O2. The van der Waals surface area contributed by atoms with E-state index in [4.69, 9.17) is 0 Å². The largest absolute Gasteiger partial charge is 0.338 e. The third-order valence-electron chi connectivity index (χ3n) is 4.97. The molecule has 0 spiro atoms. The number of hydrogen-bond acceptors (Lipinski definition) is 2. The van der Waals surface area contributed by atoms with Gasteiger partial charge in [0.15, 0.2) is 0 Å². The van der Waals surface area contributed by atoms with Crippen molar-refractivity contribution in [3.8, 4) is 0 Å². The van der Waals surface area contributed by atoms with Crippen LogP contribution in [0.4, 0.5) is 4.79 Å². The first-order chi connectivity index (χ1) is 13.7. The summed E-state index contributed by atoms with van der Waals surface area (Å²) < 4.78 is 0. The number of rotatable bonds is 16. The summed E-state index contributed by atoms with van der Waals surface area (Å²) in [6.45, 7) is 24.1. The van der Waals surface area contributed by atoms with Crippen molar-refractivity contribution in [3.63, 3.8) is 0 Å². The summed E-state index contributed by atoms with van der Waals surface area (Å²) in [7, 11) is 0. The van der Waals surface area contributed by atoms with Crippen molar-refractivity contribution in [1.29, 1.82) is 0 Å². The summed E-state index contributed by atoms with van der Waals surface area (Å²) in [6, 6.07) is -0.0916. The highest BCUT2D eigenvalue weighted by atomic mass is 16.2. The third kappa shape index (κ3) is 12.0. The summed E-state index contributed by atoms with van der Waals surface area (Å²) in [4.78, 5) is 28.1. The Morgan fingerprint density at radius 2 is 1.38 bits per heavy atom. The van der Waals surface area contributed by atoms with Gasteiger partial charge in [-0.2, -0.15) is 0 Å². The number of hydrogen-bond donors (Lipinski definition) is 1. The van der Waals surface area contributed by atoms with Crippen LogP contribution < -0.4 is 5.32 Å². The lowest BCUT2D eigenvalue weighted by atomic mass is 9.81. The van der Waals surface area contributed by atoms with Crippen LogP contribution in [0.25, 0.3) is 0 Å². The van der Waals surface area contributed by atoms with Crippen molar-refractivity contribution in [1.82, 2.24) is 15.1 Å². The second-order valence-corrected chi connectivity index (χ2v) is 8.35. The van der Waals surface area contributed by atoms with Gasteiger partial charge in [0.1, 0.15) is 0 Å². The Morgan fingerprint density at radius 1 is 0.897 bits per heavy atom. The number of nitrogens with zero attached hydrogens (tertiary/aromatic N) is 2. The zero-order valence-electron chi connectivity index (χ0n) is 18.8. The van der Waals surface area contributed by atoms with E-state index in [0.717, 1.165) is 19.3 Å². The molecule has 5 heteroatoms. The molecule has 0 radical (unpaired) electrons. The molecular weight excluding hydrogens is 362 g/mol. The van der Waals surface area contributed by atoms with Gasteiger partial charge in [-0.05, 0) is 30.6 Å². The molecule has 3 amide bonds. The van der Waals surface area contributed by atoms with E-state index in [9.17, 15) is 9.59 Å². The van der Waals surface area contributed by atoms with Crippen LogP contribution in [-0.2, 0) is 4.79 Å². The lowest BCUT2D eigenvalue weighted by Gasteiger charge is -2.28. The molecule has 0 heterocycles. The fourth-order valence-electron chi connectivity index (χ4n) is 2.98. The van der Waals surface area contributed by atoms with Gasteiger partial charge in [0.25, 0.3) is 0 Å². The van der Waals surface area contributed by atoms with Crippen LogP contribution in [0.5, 0.6) is 0 Å². The maximum absolute atomic E-state index is 12.4. The number of carbonyl (C=O) groups excluding carboxylic acids is 2. The van der Waals surface area contributed by atoms with Crippen molar-refractivity contribution in [3.05, 3.63) is 50.6 Å². The Bertz CT molecular complexity index is 534. The normalized spacial score (nSPS) is 11.8. The zero-order valence-corrected chi connectivity index (χ0v) is 18.8. The lowest BCUT2D eigenvalue weighted by Crippen LogP contribution is -2.41. The Hall–Kier alpha value is -2.30. The Kier molecular flexibility index (Phi) is 13.5. The quantitative estimate of drug-likeness (QED) is 0.377.